The van der Waals surface area contributed by atoms with Crippen LogP contribution in [0.1, 0.15) is 16.9 Å². The number of likely N-dealkylation sites (N-methyl/N-ethyl adjacent to an activating group) is 1. The maximum Gasteiger partial charge on any atom is 0.270 e. The van der Waals surface area contributed by atoms with Crippen LogP contribution in [0.25, 0.3) is 11.0 Å². The van der Waals surface area contributed by atoms with Gasteiger partial charge in [0.25, 0.3) is 5.91 Å². The Bertz CT molecular complexity index is 1470. The number of fused-ring (bicyclic) bond motifs is 1. The highest BCUT2D eigenvalue weighted by Gasteiger charge is 2.17. The molecular formula is C29H34ClN7O3. The fraction of sp³-hybridized carbons (Fsp3) is 0.345. The summed E-state index contributed by atoms with van der Waals surface area (Å²) in [6.45, 7) is 5.87. The number of pyridine rings is 1. The maximum absolute atomic E-state index is 12.7. The molecule has 1 amide bonds. The molecule has 0 atom stereocenters. The van der Waals surface area contributed by atoms with Crippen molar-refractivity contribution in [3.05, 3.63) is 65.4 Å². The highest BCUT2D eigenvalue weighted by molar-refractivity contribution is 6.30. The number of hydrogen-bond acceptors (Lipinski definition) is 8. The number of ether oxygens (including phenoxy) is 2. The van der Waals surface area contributed by atoms with Crippen LogP contribution in [0.4, 0.5) is 11.6 Å². The minimum atomic E-state index is -0.228. The van der Waals surface area contributed by atoms with Gasteiger partial charge in [0.05, 0.1) is 18.1 Å². The molecule has 0 saturated carbocycles. The summed E-state index contributed by atoms with van der Waals surface area (Å²) in [7, 11) is 5.66. The van der Waals surface area contributed by atoms with Gasteiger partial charge in [0.15, 0.2) is 11.5 Å². The zero-order chi connectivity index (χ0) is 28.1. The minimum Gasteiger partial charge on any atom is -0.493 e. The molecule has 3 heterocycles. The van der Waals surface area contributed by atoms with E-state index >= 15 is 0 Å². The smallest absolute Gasteiger partial charge is 0.270 e. The minimum absolute atomic E-state index is 0.228. The summed E-state index contributed by atoms with van der Waals surface area (Å²) in [5.74, 6) is 1.93. The lowest BCUT2D eigenvalue weighted by molar-refractivity contribution is 0.0944. The van der Waals surface area contributed by atoms with Crippen molar-refractivity contribution in [2.45, 2.75) is 6.42 Å². The van der Waals surface area contributed by atoms with Crippen molar-refractivity contribution in [2.75, 3.05) is 58.7 Å². The molecule has 2 N–H and O–H groups in total. The first-order chi connectivity index (χ1) is 19.4. The molecule has 2 aromatic heterocycles. The SMILES string of the molecule is COc1cc2c(cc1Oc1ccnc(C(=O)NCCCN3CCN(C)CC3)c1)nc(Nc1ccc(Cl)cc1)n2C. The van der Waals surface area contributed by atoms with Gasteiger partial charge in [-0.15, -0.1) is 0 Å². The van der Waals surface area contributed by atoms with Crippen molar-refractivity contribution >= 4 is 40.2 Å². The number of rotatable bonds is 10. The Balaban J connectivity index is 1.24. The van der Waals surface area contributed by atoms with Gasteiger partial charge in [-0.2, -0.15) is 0 Å². The van der Waals surface area contributed by atoms with Crippen LogP contribution in [0.15, 0.2) is 54.7 Å². The Labute approximate surface area is 238 Å². The van der Waals surface area contributed by atoms with E-state index in [-0.39, 0.29) is 5.91 Å². The number of benzene rings is 2. The van der Waals surface area contributed by atoms with E-state index in [2.05, 4.69) is 32.5 Å². The standard InChI is InChI=1S/C29H34ClN7O3/c1-35-13-15-37(16-14-35)12-4-10-32-28(38)24-17-22(9-11-31-24)40-27-18-23-25(19-26(27)39-3)36(2)29(34-23)33-21-7-5-20(30)6-8-21/h5-9,11,17-19H,4,10,12-16H2,1-3H3,(H,32,38)(H,33,34). The number of piperazine rings is 1. The number of hydrogen-bond donors (Lipinski definition) is 2. The van der Waals surface area contributed by atoms with Crippen LogP contribution in [0.5, 0.6) is 17.2 Å². The Morgan fingerprint density at radius 3 is 2.55 bits per heavy atom. The second-order valence-electron chi connectivity index (χ2n) is 9.85. The number of carbonyl (C=O) groups excluding carboxylic acids is 1. The number of aromatic nitrogens is 3. The number of nitrogens with zero attached hydrogens (tertiary/aromatic N) is 5. The molecule has 210 valence electrons. The zero-order valence-corrected chi connectivity index (χ0v) is 23.7. The number of carbonyl (C=O) groups is 1. The summed E-state index contributed by atoms with van der Waals surface area (Å²) in [4.78, 5) is 26.5. The number of imidazole rings is 1. The van der Waals surface area contributed by atoms with Crippen LogP contribution in [0.3, 0.4) is 0 Å². The quantitative estimate of drug-likeness (QED) is 0.272. The number of anilines is 2. The van der Waals surface area contributed by atoms with Gasteiger partial charge in [0.1, 0.15) is 11.4 Å². The van der Waals surface area contributed by atoms with Crippen LogP contribution in [0.2, 0.25) is 5.02 Å². The van der Waals surface area contributed by atoms with Gasteiger partial charge in [-0.25, -0.2) is 4.98 Å². The van der Waals surface area contributed by atoms with E-state index in [1.165, 1.54) is 0 Å². The van der Waals surface area contributed by atoms with E-state index in [1.807, 2.05) is 48.0 Å². The molecular weight excluding hydrogens is 530 g/mol. The number of aryl methyl sites for hydroxylation is 1. The average Bonchev–Trinajstić information content (AvgIpc) is 3.26. The summed E-state index contributed by atoms with van der Waals surface area (Å²) in [6.07, 6.45) is 2.45. The molecule has 0 bridgehead atoms. The molecule has 1 aliphatic rings. The van der Waals surface area contributed by atoms with Gasteiger partial charge < -0.3 is 34.5 Å². The molecule has 10 nitrogen and oxygen atoms in total. The van der Waals surface area contributed by atoms with E-state index < -0.39 is 0 Å². The molecule has 0 unspecified atom stereocenters. The largest absolute Gasteiger partial charge is 0.493 e. The third-order valence-corrected chi connectivity index (χ3v) is 7.24. The van der Waals surface area contributed by atoms with Gasteiger partial charge in [0, 0.05) is 74.9 Å². The van der Waals surface area contributed by atoms with Gasteiger partial charge in [0.2, 0.25) is 5.95 Å². The van der Waals surface area contributed by atoms with E-state index in [0.717, 1.165) is 55.9 Å². The monoisotopic (exact) mass is 563 g/mol. The van der Waals surface area contributed by atoms with E-state index in [4.69, 9.17) is 26.1 Å². The second-order valence-corrected chi connectivity index (χ2v) is 10.3. The molecule has 0 spiro atoms. The first kappa shape index (κ1) is 27.7. The molecule has 0 aliphatic carbocycles. The normalized spacial score (nSPS) is 14.3. The van der Waals surface area contributed by atoms with Crippen LogP contribution >= 0.6 is 11.6 Å². The van der Waals surface area contributed by atoms with Crippen LogP contribution in [-0.4, -0.2) is 83.7 Å². The van der Waals surface area contributed by atoms with Crippen molar-refractivity contribution in [2.24, 2.45) is 7.05 Å². The lowest BCUT2D eigenvalue weighted by atomic mass is 10.2. The van der Waals surface area contributed by atoms with Gasteiger partial charge in [-0.1, -0.05) is 11.6 Å². The molecule has 1 fully saturated rings. The predicted octanol–water partition coefficient (Wildman–Crippen LogP) is 4.53. The topological polar surface area (TPSA) is 96.8 Å². The Morgan fingerprint density at radius 1 is 1.02 bits per heavy atom. The highest BCUT2D eigenvalue weighted by atomic mass is 35.5. The third-order valence-electron chi connectivity index (χ3n) is 6.99. The van der Waals surface area contributed by atoms with Gasteiger partial charge in [-0.3, -0.25) is 9.78 Å². The Kier molecular flexibility index (Phi) is 8.69. The number of amides is 1. The lowest BCUT2D eigenvalue weighted by Gasteiger charge is -2.32. The van der Waals surface area contributed by atoms with Crippen molar-refractivity contribution in [1.29, 1.82) is 0 Å². The predicted molar refractivity (Wildman–Crippen MR) is 157 cm³/mol. The number of halogens is 1. The summed E-state index contributed by atoms with van der Waals surface area (Å²) in [5, 5.41) is 6.95. The highest BCUT2D eigenvalue weighted by Crippen LogP contribution is 2.36. The van der Waals surface area contributed by atoms with Crippen LogP contribution in [0, 0.1) is 0 Å². The molecule has 40 heavy (non-hydrogen) atoms. The third kappa shape index (κ3) is 6.64. The Morgan fingerprint density at radius 2 is 1.80 bits per heavy atom. The number of nitrogens with one attached hydrogen (secondary N) is 2. The fourth-order valence-electron chi connectivity index (χ4n) is 4.61. The van der Waals surface area contributed by atoms with Crippen LogP contribution in [-0.2, 0) is 7.05 Å². The van der Waals surface area contributed by atoms with E-state index in [1.54, 1.807) is 25.4 Å². The molecule has 2 aromatic carbocycles. The summed E-state index contributed by atoms with van der Waals surface area (Å²) in [6, 6.07) is 14.5. The average molecular weight is 564 g/mol. The molecule has 4 aromatic rings. The molecule has 11 heteroatoms. The maximum atomic E-state index is 12.7. The van der Waals surface area contributed by atoms with Crippen molar-refractivity contribution in [3.8, 4) is 17.2 Å². The molecule has 1 saturated heterocycles. The van der Waals surface area contributed by atoms with Crippen LogP contribution < -0.4 is 20.1 Å². The molecule has 5 rings (SSSR count). The summed E-state index contributed by atoms with van der Waals surface area (Å²) in [5.41, 5.74) is 2.76. The van der Waals surface area contributed by atoms with Crippen molar-refractivity contribution < 1.29 is 14.3 Å². The first-order valence-electron chi connectivity index (χ1n) is 13.3. The Hall–Kier alpha value is -3.86. The molecule has 1 aliphatic heterocycles. The fourth-order valence-corrected chi connectivity index (χ4v) is 4.73. The van der Waals surface area contributed by atoms with Crippen molar-refractivity contribution in [1.82, 2.24) is 29.7 Å². The molecule has 0 radical (unpaired) electrons. The lowest BCUT2D eigenvalue weighted by Crippen LogP contribution is -2.45. The van der Waals surface area contributed by atoms with Crippen molar-refractivity contribution in [3.63, 3.8) is 0 Å². The summed E-state index contributed by atoms with van der Waals surface area (Å²) >= 11 is 6.01. The van der Waals surface area contributed by atoms with Gasteiger partial charge in [-0.05, 0) is 50.3 Å². The summed E-state index contributed by atoms with van der Waals surface area (Å²) < 4.78 is 13.7. The number of methoxy groups -OCH3 is 1. The second kappa shape index (κ2) is 12.5. The van der Waals surface area contributed by atoms with E-state index in [0.29, 0.717) is 40.5 Å². The first-order valence-corrected chi connectivity index (χ1v) is 13.7. The van der Waals surface area contributed by atoms with E-state index in [9.17, 15) is 4.79 Å². The van der Waals surface area contributed by atoms with Gasteiger partial charge >= 0.3 is 0 Å². The zero-order valence-electron chi connectivity index (χ0n) is 23.0.